The van der Waals surface area contributed by atoms with E-state index in [0.717, 1.165) is 31.7 Å². The molecule has 0 unspecified atom stereocenters. The maximum atomic E-state index is 12.0. The number of hydrogen-bond donors (Lipinski definition) is 1. The number of carbonyl (C=O) groups is 1. The van der Waals surface area contributed by atoms with Crippen molar-refractivity contribution in [2.45, 2.75) is 46.6 Å². The topological polar surface area (TPSA) is 45.2 Å². The van der Waals surface area contributed by atoms with Crippen LogP contribution < -0.4 is 10.2 Å². The van der Waals surface area contributed by atoms with Crippen molar-refractivity contribution in [1.82, 2.24) is 10.3 Å². The number of nitrogens with zero attached hydrogens (tertiary/aromatic N) is 2. The Morgan fingerprint density at radius 3 is 2.47 bits per heavy atom. The van der Waals surface area contributed by atoms with Crippen LogP contribution in [0.5, 0.6) is 0 Å². The van der Waals surface area contributed by atoms with E-state index in [1.54, 1.807) is 6.20 Å². The maximum absolute atomic E-state index is 12.0. The van der Waals surface area contributed by atoms with Crippen LogP contribution in [0.4, 0.5) is 5.82 Å². The molecule has 0 radical (unpaired) electrons. The van der Waals surface area contributed by atoms with Gasteiger partial charge >= 0.3 is 0 Å². The first-order valence-electron chi connectivity index (χ1n) is 7.14. The van der Waals surface area contributed by atoms with E-state index in [1.165, 1.54) is 0 Å². The van der Waals surface area contributed by atoms with E-state index in [4.69, 9.17) is 0 Å². The summed E-state index contributed by atoms with van der Waals surface area (Å²) >= 11 is 0. The lowest BCUT2D eigenvalue weighted by Gasteiger charge is -2.19. The molecule has 1 aromatic heterocycles. The predicted octanol–water partition coefficient (Wildman–Crippen LogP) is 2.85. The molecule has 0 aromatic carbocycles. The standard InChI is InChI=1S/C15H25N3O/c1-5-8-12(4)17-15(19)13-9-10-14(16-11-13)18(6-2)7-3/h9-12H,5-8H2,1-4H3,(H,17,19)/t12-/m0/s1. The normalized spacial score (nSPS) is 12.0. The van der Waals surface area contributed by atoms with Gasteiger partial charge in [-0.2, -0.15) is 0 Å². The lowest BCUT2D eigenvalue weighted by Crippen LogP contribution is -2.32. The molecular weight excluding hydrogens is 238 g/mol. The average molecular weight is 263 g/mol. The van der Waals surface area contributed by atoms with Crippen LogP contribution in [0.2, 0.25) is 0 Å². The van der Waals surface area contributed by atoms with Gasteiger partial charge in [0, 0.05) is 25.3 Å². The van der Waals surface area contributed by atoms with E-state index in [2.05, 4.69) is 36.0 Å². The Morgan fingerprint density at radius 1 is 1.32 bits per heavy atom. The van der Waals surface area contributed by atoms with Crippen LogP contribution in [0, 0.1) is 0 Å². The number of carbonyl (C=O) groups excluding carboxylic acids is 1. The Labute approximate surface area is 116 Å². The smallest absolute Gasteiger partial charge is 0.253 e. The first kappa shape index (κ1) is 15.5. The van der Waals surface area contributed by atoms with Crippen molar-refractivity contribution in [3.63, 3.8) is 0 Å². The zero-order valence-electron chi connectivity index (χ0n) is 12.4. The third-order valence-electron chi connectivity index (χ3n) is 3.20. The summed E-state index contributed by atoms with van der Waals surface area (Å²) < 4.78 is 0. The van der Waals surface area contributed by atoms with Crippen LogP contribution in [-0.2, 0) is 0 Å². The zero-order valence-corrected chi connectivity index (χ0v) is 12.4. The van der Waals surface area contributed by atoms with Crippen LogP contribution in [0.3, 0.4) is 0 Å². The van der Waals surface area contributed by atoms with E-state index in [9.17, 15) is 4.79 Å². The van der Waals surface area contributed by atoms with Crippen molar-refractivity contribution >= 4 is 11.7 Å². The highest BCUT2D eigenvalue weighted by Gasteiger charge is 2.10. The van der Waals surface area contributed by atoms with Gasteiger partial charge in [-0.25, -0.2) is 4.98 Å². The monoisotopic (exact) mass is 263 g/mol. The number of anilines is 1. The molecule has 1 amide bonds. The maximum Gasteiger partial charge on any atom is 0.253 e. The summed E-state index contributed by atoms with van der Waals surface area (Å²) in [5.41, 5.74) is 0.624. The molecule has 1 aromatic rings. The fraction of sp³-hybridized carbons (Fsp3) is 0.600. The Kier molecular flexibility index (Phi) is 6.33. The van der Waals surface area contributed by atoms with Crippen molar-refractivity contribution in [2.24, 2.45) is 0 Å². The van der Waals surface area contributed by atoms with E-state index < -0.39 is 0 Å². The molecule has 4 heteroatoms. The quantitative estimate of drug-likeness (QED) is 0.822. The van der Waals surface area contributed by atoms with Gasteiger partial charge in [-0.3, -0.25) is 4.79 Å². The number of amides is 1. The second kappa shape index (κ2) is 7.77. The average Bonchev–Trinajstić information content (AvgIpc) is 2.41. The largest absolute Gasteiger partial charge is 0.357 e. The molecule has 0 saturated carbocycles. The van der Waals surface area contributed by atoms with Crippen molar-refractivity contribution in [1.29, 1.82) is 0 Å². The van der Waals surface area contributed by atoms with Crippen LogP contribution in [0.15, 0.2) is 18.3 Å². The van der Waals surface area contributed by atoms with Gasteiger partial charge in [0.2, 0.25) is 0 Å². The second-order valence-electron chi connectivity index (χ2n) is 4.74. The number of aromatic nitrogens is 1. The first-order valence-corrected chi connectivity index (χ1v) is 7.14. The summed E-state index contributed by atoms with van der Waals surface area (Å²) in [4.78, 5) is 18.5. The summed E-state index contributed by atoms with van der Waals surface area (Å²) in [6.07, 6.45) is 3.72. The summed E-state index contributed by atoms with van der Waals surface area (Å²) in [5, 5.41) is 2.98. The zero-order chi connectivity index (χ0) is 14.3. The highest BCUT2D eigenvalue weighted by atomic mass is 16.1. The lowest BCUT2D eigenvalue weighted by molar-refractivity contribution is 0.0938. The number of hydrogen-bond acceptors (Lipinski definition) is 3. The van der Waals surface area contributed by atoms with Crippen molar-refractivity contribution in [3.05, 3.63) is 23.9 Å². The molecule has 0 saturated heterocycles. The second-order valence-corrected chi connectivity index (χ2v) is 4.74. The van der Waals surface area contributed by atoms with E-state index in [0.29, 0.717) is 5.56 Å². The van der Waals surface area contributed by atoms with Crippen molar-refractivity contribution < 1.29 is 4.79 Å². The summed E-state index contributed by atoms with van der Waals surface area (Å²) in [5.74, 6) is 0.878. The van der Waals surface area contributed by atoms with E-state index >= 15 is 0 Å². The van der Waals surface area contributed by atoms with Gasteiger partial charge in [0.05, 0.1) is 5.56 Å². The molecule has 0 spiro atoms. The van der Waals surface area contributed by atoms with Gasteiger partial charge in [-0.1, -0.05) is 13.3 Å². The number of rotatable bonds is 7. The highest BCUT2D eigenvalue weighted by Crippen LogP contribution is 2.11. The minimum atomic E-state index is -0.0421. The van der Waals surface area contributed by atoms with Gasteiger partial charge in [0.1, 0.15) is 5.82 Å². The first-order chi connectivity index (χ1) is 9.12. The fourth-order valence-electron chi connectivity index (χ4n) is 2.07. The van der Waals surface area contributed by atoms with Gasteiger partial charge in [-0.05, 0) is 39.3 Å². The molecule has 1 N–H and O–H groups in total. The Morgan fingerprint density at radius 2 is 2.00 bits per heavy atom. The number of pyridine rings is 1. The highest BCUT2D eigenvalue weighted by molar-refractivity contribution is 5.94. The van der Waals surface area contributed by atoms with Crippen molar-refractivity contribution in [2.75, 3.05) is 18.0 Å². The minimum absolute atomic E-state index is 0.0421. The fourth-order valence-corrected chi connectivity index (χ4v) is 2.07. The molecule has 1 atom stereocenters. The SMILES string of the molecule is CCC[C@H](C)NC(=O)c1ccc(N(CC)CC)nc1. The molecule has 0 fully saturated rings. The Hall–Kier alpha value is -1.58. The molecule has 4 nitrogen and oxygen atoms in total. The van der Waals surface area contributed by atoms with Gasteiger partial charge in [0.25, 0.3) is 5.91 Å². The van der Waals surface area contributed by atoms with Gasteiger partial charge in [0.15, 0.2) is 0 Å². The minimum Gasteiger partial charge on any atom is -0.357 e. The third-order valence-corrected chi connectivity index (χ3v) is 3.20. The molecule has 1 rings (SSSR count). The Balaban J connectivity index is 2.67. The van der Waals surface area contributed by atoms with Crippen LogP contribution >= 0.6 is 0 Å². The number of nitrogens with one attached hydrogen (secondary N) is 1. The van der Waals surface area contributed by atoms with Gasteiger partial charge in [-0.15, -0.1) is 0 Å². The lowest BCUT2D eigenvalue weighted by atomic mass is 10.2. The van der Waals surface area contributed by atoms with E-state index in [1.807, 2.05) is 19.1 Å². The molecule has 106 valence electrons. The van der Waals surface area contributed by atoms with Gasteiger partial charge < -0.3 is 10.2 Å². The van der Waals surface area contributed by atoms with Crippen LogP contribution in [0.25, 0.3) is 0 Å². The molecule has 0 aliphatic carbocycles. The molecule has 19 heavy (non-hydrogen) atoms. The third kappa shape index (κ3) is 4.54. The summed E-state index contributed by atoms with van der Waals surface area (Å²) in [7, 11) is 0. The molecule has 0 bridgehead atoms. The molecule has 0 aliphatic rings. The molecular formula is C15H25N3O. The van der Waals surface area contributed by atoms with E-state index in [-0.39, 0.29) is 11.9 Å². The molecule has 0 aliphatic heterocycles. The molecule has 1 heterocycles. The van der Waals surface area contributed by atoms with Crippen LogP contribution in [-0.4, -0.2) is 30.0 Å². The summed E-state index contributed by atoms with van der Waals surface area (Å²) in [6.45, 7) is 10.2. The predicted molar refractivity (Wildman–Crippen MR) is 79.6 cm³/mol. The van der Waals surface area contributed by atoms with Crippen molar-refractivity contribution in [3.8, 4) is 0 Å². The Bertz CT molecular complexity index is 385. The van der Waals surface area contributed by atoms with Crippen LogP contribution in [0.1, 0.15) is 50.9 Å². The summed E-state index contributed by atoms with van der Waals surface area (Å²) in [6, 6.07) is 3.96.